The van der Waals surface area contributed by atoms with Crippen LogP contribution in [0.25, 0.3) is 0 Å². The van der Waals surface area contributed by atoms with Gasteiger partial charge in [-0.05, 0) is 56.0 Å². The van der Waals surface area contributed by atoms with E-state index in [1.54, 1.807) is 48.2 Å². The Morgan fingerprint density at radius 3 is 2.28 bits per heavy atom. The highest BCUT2D eigenvalue weighted by molar-refractivity contribution is 7.92. The lowest BCUT2D eigenvalue weighted by Crippen LogP contribution is -2.50. The Bertz CT molecular complexity index is 1100. The van der Waals surface area contributed by atoms with Crippen LogP contribution in [0, 0.1) is 0 Å². The van der Waals surface area contributed by atoms with E-state index in [0.717, 1.165) is 37.5 Å². The molecule has 2 aromatic rings. The number of sulfonamides is 1. The van der Waals surface area contributed by atoms with Gasteiger partial charge in [-0.25, -0.2) is 8.42 Å². The Hall–Kier alpha value is -2.58. The minimum Gasteiger partial charge on any atom is -0.352 e. The van der Waals surface area contributed by atoms with Crippen molar-refractivity contribution in [2.24, 2.45) is 0 Å². The Kier molecular flexibility index (Phi) is 10.2. The minimum atomic E-state index is -3.50. The zero-order chi connectivity index (χ0) is 26.1. The van der Waals surface area contributed by atoms with Gasteiger partial charge in [-0.1, -0.05) is 61.2 Å². The van der Waals surface area contributed by atoms with Crippen molar-refractivity contribution < 1.29 is 18.0 Å². The van der Waals surface area contributed by atoms with Crippen LogP contribution >= 0.6 is 11.6 Å². The van der Waals surface area contributed by atoms with Crippen molar-refractivity contribution in [3.8, 4) is 0 Å². The molecule has 2 amide bonds. The first kappa shape index (κ1) is 28.0. The summed E-state index contributed by atoms with van der Waals surface area (Å²) in [5.74, 6) is -0.357. The summed E-state index contributed by atoms with van der Waals surface area (Å²) < 4.78 is 26.0. The maximum Gasteiger partial charge on any atom is 0.242 e. The van der Waals surface area contributed by atoms with Crippen LogP contribution in [-0.4, -0.2) is 50.0 Å². The van der Waals surface area contributed by atoms with Gasteiger partial charge in [0.25, 0.3) is 0 Å². The van der Waals surface area contributed by atoms with E-state index < -0.39 is 16.1 Å². The van der Waals surface area contributed by atoms with Gasteiger partial charge in [-0.2, -0.15) is 0 Å². The largest absolute Gasteiger partial charge is 0.352 e. The third-order valence-corrected chi connectivity index (χ3v) is 8.03. The molecule has 1 aliphatic rings. The average molecular weight is 534 g/mol. The number of carbonyl (C=O) groups is 2. The third kappa shape index (κ3) is 8.23. The molecule has 0 unspecified atom stereocenters. The zero-order valence-corrected chi connectivity index (χ0v) is 22.6. The average Bonchev–Trinajstić information content (AvgIpc) is 2.86. The summed E-state index contributed by atoms with van der Waals surface area (Å²) in [4.78, 5) is 28.0. The molecule has 0 spiro atoms. The van der Waals surface area contributed by atoms with Crippen LogP contribution in [0.3, 0.4) is 0 Å². The van der Waals surface area contributed by atoms with Crippen molar-refractivity contribution in [1.82, 2.24) is 10.2 Å². The van der Waals surface area contributed by atoms with Gasteiger partial charge in [0.15, 0.2) is 0 Å². The summed E-state index contributed by atoms with van der Waals surface area (Å²) in [5.41, 5.74) is 1.43. The van der Waals surface area contributed by atoms with Crippen LogP contribution in [0.2, 0.25) is 5.02 Å². The number of hydrogen-bond acceptors (Lipinski definition) is 4. The smallest absolute Gasteiger partial charge is 0.242 e. The van der Waals surface area contributed by atoms with Gasteiger partial charge in [0.1, 0.15) is 6.04 Å². The van der Waals surface area contributed by atoms with Crippen molar-refractivity contribution in [2.45, 2.75) is 70.5 Å². The summed E-state index contributed by atoms with van der Waals surface area (Å²) in [5, 5.41) is 3.72. The summed E-state index contributed by atoms with van der Waals surface area (Å²) >= 11 is 6.02. The molecular weight excluding hydrogens is 498 g/mol. The topological polar surface area (TPSA) is 86.8 Å². The van der Waals surface area contributed by atoms with E-state index in [4.69, 9.17) is 11.6 Å². The van der Waals surface area contributed by atoms with Gasteiger partial charge < -0.3 is 10.2 Å². The Morgan fingerprint density at radius 1 is 1.03 bits per heavy atom. The number of benzene rings is 2. The van der Waals surface area contributed by atoms with E-state index in [9.17, 15) is 18.0 Å². The van der Waals surface area contributed by atoms with Crippen molar-refractivity contribution in [1.29, 1.82) is 0 Å². The fraction of sp³-hybridized carbons (Fsp3) is 0.481. The van der Waals surface area contributed by atoms with E-state index in [1.165, 1.54) is 10.7 Å². The first-order chi connectivity index (χ1) is 17.1. The second-order valence-corrected chi connectivity index (χ2v) is 11.8. The van der Waals surface area contributed by atoms with Gasteiger partial charge in [-0.3, -0.25) is 13.9 Å². The number of halogens is 1. The minimum absolute atomic E-state index is 0.119. The highest BCUT2D eigenvalue weighted by atomic mass is 35.5. The van der Waals surface area contributed by atoms with Crippen molar-refractivity contribution >= 4 is 39.1 Å². The lowest BCUT2D eigenvalue weighted by molar-refractivity contribution is -0.141. The summed E-state index contributed by atoms with van der Waals surface area (Å²) in [7, 11) is -3.50. The summed E-state index contributed by atoms with van der Waals surface area (Å²) in [6.45, 7) is 2.19. The predicted octanol–water partition coefficient (Wildman–Crippen LogP) is 4.75. The molecule has 196 valence electrons. The highest BCUT2D eigenvalue weighted by Gasteiger charge is 2.28. The van der Waals surface area contributed by atoms with Crippen LogP contribution < -0.4 is 9.62 Å². The molecule has 1 atom stereocenters. The molecule has 1 N–H and O–H groups in total. The number of amides is 2. The molecule has 1 saturated carbocycles. The Morgan fingerprint density at radius 2 is 1.67 bits per heavy atom. The molecule has 0 saturated heterocycles. The monoisotopic (exact) mass is 533 g/mol. The standard InChI is InChI=1S/C27H36ClN3O4S/c1-21(27(33)29-24-10-5-3-6-11-24)30(20-22-15-17-23(28)18-16-22)26(32)14-9-19-31(36(2,34)35)25-12-7-4-8-13-25/h4,7-8,12-13,15-18,21,24H,3,5-6,9-11,14,19-20H2,1-2H3,(H,29,33)/t21-/m0/s1. The number of anilines is 1. The summed E-state index contributed by atoms with van der Waals surface area (Å²) in [6, 6.07) is 15.5. The van der Waals surface area contributed by atoms with Gasteiger partial charge >= 0.3 is 0 Å². The second kappa shape index (κ2) is 13.1. The highest BCUT2D eigenvalue weighted by Crippen LogP contribution is 2.20. The fourth-order valence-electron chi connectivity index (χ4n) is 4.54. The summed E-state index contributed by atoms with van der Waals surface area (Å²) in [6.07, 6.45) is 6.93. The first-order valence-electron chi connectivity index (χ1n) is 12.5. The molecular formula is C27H36ClN3O4S. The molecule has 1 aliphatic carbocycles. The van der Waals surface area contributed by atoms with Gasteiger partial charge in [-0.15, -0.1) is 0 Å². The van der Waals surface area contributed by atoms with E-state index >= 15 is 0 Å². The van der Waals surface area contributed by atoms with Crippen LogP contribution in [0.4, 0.5) is 5.69 Å². The number of rotatable bonds is 11. The van der Waals surface area contributed by atoms with Crippen LogP contribution in [0.15, 0.2) is 54.6 Å². The number of hydrogen-bond donors (Lipinski definition) is 1. The molecule has 9 heteroatoms. The normalized spacial score (nSPS) is 15.2. The maximum atomic E-state index is 13.4. The van der Waals surface area contributed by atoms with E-state index in [1.807, 2.05) is 18.2 Å². The SMILES string of the molecule is C[C@@H](C(=O)NC1CCCCC1)N(Cc1ccc(Cl)cc1)C(=O)CCCN(c1ccccc1)S(C)(=O)=O. The number of nitrogens with zero attached hydrogens (tertiary/aromatic N) is 2. The molecule has 0 aliphatic heterocycles. The first-order valence-corrected chi connectivity index (χ1v) is 14.7. The van der Waals surface area contributed by atoms with E-state index in [2.05, 4.69) is 5.32 Å². The van der Waals surface area contributed by atoms with Crippen molar-refractivity contribution in [2.75, 3.05) is 17.1 Å². The molecule has 3 rings (SSSR count). The van der Waals surface area contributed by atoms with Gasteiger partial charge in [0.2, 0.25) is 21.8 Å². The maximum absolute atomic E-state index is 13.4. The van der Waals surface area contributed by atoms with Crippen LogP contribution in [-0.2, 0) is 26.2 Å². The third-order valence-electron chi connectivity index (χ3n) is 6.58. The van der Waals surface area contributed by atoms with E-state index in [0.29, 0.717) is 17.1 Å². The molecule has 0 radical (unpaired) electrons. The molecule has 36 heavy (non-hydrogen) atoms. The lowest BCUT2D eigenvalue weighted by Gasteiger charge is -2.31. The Labute approximate surface area is 219 Å². The molecule has 7 nitrogen and oxygen atoms in total. The lowest BCUT2D eigenvalue weighted by atomic mass is 9.95. The second-order valence-electron chi connectivity index (χ2n) is 9.44. The number of carbonyl (C=O) groups excluding carboxylic acids is 2. The molecule has 0 heterocycles. The van der Waals surface area contributed by atoms with E-state index in [-0.39, 0.29) is 37.4 Å². The fourth-order valence-corrected chi connectivity index (χ4v) is 5.63. The molecule has 1 fully saturated rings. The molecule has 0 bridgehead atoms. The van der Waals surface area contributed by atoms with Gasteiger partial charge in [0, 0.05) is 30.6 Å². The quantitative estimate of drug-likeness (QED) is 0.451. The Balaban J connectivity index is 1.69. The van der Waals surface area contributed by atoms with Crippen LogP contribution in [0.5, 0.6) is 0 Å². The molecule has 0 aromatic heterocycles. The van der Waals surface area contributed by atoms with Crippen molar-refractivity contribution in [3.05, 3.63) is 65.2 Å². The van der Waals surface area contributed by atoms with Crippen molar-refractivity contribution in [3.63, 3.8) is 0 Å². The number of nitrogens with one attached hydrogen (secondary N) is 1. The number of para-hydroxylation sites is 1. The predicted molar refractivity (Wildman–Crippen MR) is 144 cm³/mol. The zero-order valence-electron chi connectivity index (χ0n) is 21.0. The van der Waals surface area contributed by atoms with Gasteiger partial charge in [0.05, 0.1) is 11.9 Å². The molecule has 2 aromatic carbocycles. The van der Waals surface area contributed by atoms with Crippen LogP contribution in [0.1, 0.15) is 57.4 Å².